The fourth-order valence-corrected chi connectivity index (χ4v) is 2.45. The number of nitrogens with two attached hydrogens (primary N) is 1. The van der Waals surface area contributed by atoms with Crippen molar-refractivity contribution in [2.45, 2.75) is 31.7 Å². The minimum atomic E-state index is -0.940. The smallest absolute Gasteiger partial charge is 0.327 e. The molecule has 1 aromatic carbocycles. The highest BCUT2D eigenvalue weighted by atomic mass is 31.1. The molecule has 0 saturated carbocycles. The molecule has 110 valence electrons. The van der Waals surface area contributed by atoms with E-state index in [2.05, 4.69) is 4.52 Å². The topological polar surface area (TPSA) is 89.6 Å². The van der Waals surface area contributed by atoms with E-state index in [4.69, 9.17) is 10.8 Å². The number of hydrogen-bond donors (Lipinski definition) is 2. The monoisotopic (exact) mass is 297 g/mol. The van der Waals surface area contributed by atoms with Crippen LogP contribution in [0.15, 0.2) is 30.3 Å². The quantitative estimate of drug-likeness (QED) is 0.684. The summed E-state index contributed by atoms with van der Waals surface area (Å²) < 4.78 is 14.9. The van der Waals surface area contributed by atoms with Gasteiger partial charge >= 0.3 is 14.7 Å². The highest BCUT2D eigenvalue weighted by Crippen LogP contribution is 2.26. The molecule has 1 aromatic rings. The maximum atomic E-state index is 11.1. The zero-order valence-corrected chi connectivity index (χ0v) is 12.3. The Morgan fingerprint density at radius 3 is 2.50 bits per heavy atom. The normalized spacial score (nSPS) is 15.7. The highest BCUT2D eigenvalue weighted by molar-refractivity contribution is 7.17. The molecular formula is C14H20NO4P. The maximum Gasteiger partial charge on any atom is 0.327 e. The molecule has 5 nitrogen and oxygen atoms in total. The van der Waals surface area contributed by atoms with Crippen molar-refractivity contribution < 1.29 is 19.0 Å². The molecule has 0 fully saturated rings. The van der Waals surface area contributed by atoms with Crippen molar-refractivity contribution in [3.8, 4) is 0 Å². The number of carboxylic acids is 1. The third-order valence-electron chi connectivity index (χ3n) is 3.37. The number of carbonyl (C=O) groups is 1. The van der Waals surface area contributed by atoms with Crippen LogP contribution in [0.5, 0.6) is 0 Å². The van der Waals surface area contributed by atoms with Crippen LogP contribution in [-0.2, 0) is 13.9 Å². The van der Waals surface area contributed by atoms with Gasteiger partial charge < -0.3 is 10.8 Å². The Bertz CT molecular complexity index is 424. The molecule has 3 unspecified atom stereocenters. The van der Waals surface area contributed by atoms with Crippen molar-refractivity contribution in [1.29, 1.82) is 0 Å². The largest absolute Gasteiger partial charge is 0.481 e. The third kappa shape index (κ3) is 5.37. The number of aliphatic carboxylic acids is 1. The lowest BCUT2D eigenvalue weighted by Gasteiger charge is -2.22. The molecule has 1 rings (SSSR count). The summed E-state index contributed by atoms with van der Waals surface area (Å²) in [4.78, 5) is 11.1. The number of carboxylic acid groups (broad SMARTS) is 1. The van der Waals surface area contributed by atoms with Gasteiger partial charge in [0.2, 0.25) is 0 Å². The molecule has 0 saturated heterocycles. The van der Waals surface area contributed by atoms with Gasteiger partial charge in [-0.05, 0) is 31.2 Å². The van der Waals surface area contributed by atoms with Gasteiger partial charge in [0.15, 0.2) is 0 Å². The van der Waals surface area contributed by atoms with Crippen molar-refractivity contribution in [1.82, 2.24) is 0 Å². The van der Waals surface area contributed by atoms with E-state index in [-0.39, 0.29) is 18.6 Å². The minimum absolute atomic E-state index is 0.0547. The average molecular weight is 297 g/mol. The first-order valence-electron chi connectivity index (χ1n) is 6.54. The number of rotatable bonds is 9. The number of hydrogen-bond acceptors (Lipinski definition) is 4. The Hall–Kier alpha value is -1.29. The Kier molecular flexibility index (Phi) is 7.37. The molecule has 0 bridgehead atoms. The van der Waals surface area contributed by atoms with Gasteiger partial charge in [-0.1, -0.05) is 30.3 Å². The van der Waals surface area contributed by atoms with E-state index >= 15 is 0 Å². The van der Waals surface area contributed by atoms with Gasteiger partial charge in [0, 0.05) is 6.04 Å². The third-order valence-corrected chi connectivity index (χ3v) is 3.62. The summed E-state index contributed by atoms with van der Waals surface area (Å²) in [7, 11) is -0.491. The van der Waals surface area contributed by atoms with Crippen molar-refractivity contribution in [2.24, 2.45) is 11.7 Å². The lowest BCUT2D eigenvalue weighted by atomic mass is 9.86. The molecule has 0 aliphatic rings. The van der Waals surface area contributed by atoms with Crippen LogP contribution in [0.1, 0.15) is 31.2 Å². The van der Waals surface area contributed by atoms with E-state index in [1.807, 2.05) is 37.3 Å². The van der Waals surface area contributed by atoms with Gasteiger partial charge in [-0.25, -0.2) is 4.57 Å². The molecule has 3 atom stereocenters. The van der Waals surface area contributed by atoms with Gasteiger partial charge in [0.1, 0.15) is 0 Å². The number of benzene rings is 1. The minimum Gasteiger partial charge on any atom is -0.481 e. The van der Waals surface area contributed by atoms with Gasteiger partial charge in [-0.2, -0.15) is 0 Å². The lowest BCUT2D eigenvalue weighted by molar-refractivity contribution is -0.143. The Labute approximate surface area is 120 Å². The first-order chi connectivity index (χ1) is 9.56. The summed E-state index contributed by atoms with van der Waals surface area (Å²) in [5.41, 5.74) is 7.11. The Morgan fingerprint density at radius 1 is 1.35 bits per heavy atom. The molecule has 0 radical (unpaired) electrons. The standard InChI is InChI=1S/C14H20NO4P/c1-10(15)13(11-5-3-2-4-6-11)8-7-12(14(16)17)9-19-20-18/h2-6,10,12-13H,7-9,15H2,1H3,(H,16,17). The maximum absolute atomic E-state index is 11.1. The van der Waals surface area contributed by atoms with Gasteiger partial charge in [-0.3, -0.25) is 9.32 Å². The van der Waals surface area contributed by atoms with E-state index in [1.165, 1.54) is 0 Å². The average Bonchev–Trinajstić information content (AvgIpc) is 2.42. The summed E-state index contributed by atoms with van der Waals surface area (Å²) in [5.74, 6) is -1.51. The van der Waals surface area contributed by atoms with E-state index in [0.717, 1.165) is 5.56 Å². The van der Waals surface area contributed by atoms with Crippen LogP contribution in [0.3, 0.4) is 0 Å². The molecule has 3 N–H and O–H groups in total. The zero-order chi connectivity index (χ0) is 15.0. The van der Waals surface area contributed by atoms with Crippen LogP contribution in [0.2, 0.25) is 0 Å². The van der Waals surface area contributed by atoms with Crippen LogP contribution in [0, 0.1) is 5.92 Å². The van der Waals surface area contributed by atoms with Gasteiger partial charge in [0.05, 0.1) is 12.5 Å². The van der Waals surface area contributed by atoms with Crippen LogP contribution in [-0.4, -0.2) is 23.7 Å². The second kappa shape index (κ2) is 8.80. The van der Waals surface area contributed by atoms with Crippen molar-refractivity contribution >= 4 is 14.7 Å². The van der Waals surface area contributed by atoms with E-state index < -0.39 is 20.6 Å². The van der Waals surface area contributed by atoms with Crippen molar-refractivity contribution in [2.75, 3.05) is 6.61 Å². The zero-order valence-electron chi connectivity index (χ0n) is 11.4. The van der Waals surface area contributed by atoms with Crippen molar-refractivity contribution in [3.05, 3.63) is 35.9 Å². The van der Waals surface area contributed by atoms with E-state index in [1.54, 1.807) is 0 Å². The van der Waals surface area contributed by atoms with E-state index in [0.29, 0.717) is 12.8 Å². The predicted octanol–water partition coefficient (Wildman–Crippen LogP) is 2.82. The van der Waals surface area contributed by atoms with Crippen LogP contribution < -0.4 is 5.73 Å². The Balaban J connectivity index is 2.66. The summed E-state index contributed by atoms with van der Waals surface area (Å²) in [5, 5.41) is 9.11. The molecule has 0 aromatic heterocycles. The second-order valence-corrected chi connectivity index (χ2v) is 5.27. The van der Waals surface area contributed by atoms with E-state index in [9.17, 15) is 9.36 Å². The molecule has 6 heteroatoms. The fourth-order valence-electron chi connectivity index (χ4n) is 2.21. The van der Waals surface area contributed by atoms with Crippen LogP contribution in [0.25, 0.3) is 0 Å². The molecule has 0 aliphatic heterocycles. The summed E-state index contributed by atoms with van der Waals surface area (Å²) >= 11 is 0. The Morgan fingerprint density at radius 2 is 2.00 bits per heavy atom. The first-order valence-corrected chi connectivity index (χ1v) is 7.27. The van der Waals surface area contributed by atoms with Gasteiger partial charge in [0.25, 0.3) is 0 Å². The summed E-state index contributed by atoms with van der Waals surface area (Å²) in [6.45, 7) is 1.86. The van der Waals surface area contributed by atoms with Crippen molar-refractivity contribution in [3.63, 3.8) is 0 Å². The molecule has 0 heterocycles. The molecule has 0 aliphatic carbocycles. The summed E-state index contributed by atoms with van der Waals surface area (Å²) in [6.07, 6.45) is 1.09. The molecule has 0 amide bonds. The molecule has 0 spiro atoms. The fraction of sp³-hybridized carbons (Fsp3) is 0.500. The lowest BCUT2D eigenvalue weighted by Crippen LogP contribution is -2.27. The van der Waals surface area contributed by atoms with Gasteiger partial charge in [-0.15, -0.1) is 0 Å². The summed E-state index contributed by atoms with van der Waals surface area (Å²) in [6, 6.07) is 9.75. The highest BCUT2D eigenvalue weighted by Gasteiger charge is 2.22. The van der Waals surface area contributed by atoms with Crippen LogP contribution >= 0.6 is 8.69 Å². The SMILES string of the molecule is CC(N)C(CCC(COP=O)C(=O)O)c1ccccc1. The molecule has 20 heavy (non-hydrogen) atoms. The molecular weight excluding hydrogens is 277 g/mol. The second-order valence-electron chi connectivity index (χ2n) is 4.86. The predicted molar refractivity (Wildman–Crippen MR) is 76.8 cm³/mol. The van der Waals surface area contributed by atoms with Crippen LogP contribution in [0.4, 0.5) is 0 Å². The first kappa shape index (κ1) is 16.8.